The maximum Gasteiger partial charge on any atom is 0.311 e. The van der Waals surface area contributed by atoms with Crippen LogP contribution in [0.1, 0.15) is 29.3 Å². The van der Waals surface area contributed by atoms with E-state index in [0.717, 1.165) is 21.9 Å². The van der Waals surface area contributed by atoms with Crippen LogP contribution in [0.25, 0.3) is 0 Å². The molecule has 5 nitrogen and oxygen atoms in total. The Balaban J connectivity index is 1.49. The normalized spacial score (nSPS) is 18.6. The third-order valence-corrected chi connectivity index (χ3v) is 6.33. The number of ether oxygens (including phenoxy) is 2. The first-order valence-electron chi connectivity index (χ1n) is 10.4. The summed E-state index contributed by atoms with van der Waals surface area (Å²) in [6.07, 6.45) is 0.790. The van der Waals surface area contributed by atoms with Gasteiger partial charge in [-0.25, -0.2) is 0 Å². The number of para-hydroxylation sites is 1. The van der Waals surface area contributed by atoms with Gasteiger partial charge in [-0.05, 0) is 49.1 Å². The first-order valence-corrected chi connectivity index (χ1v) is 11.3. The molecule has 1 fully saturated rings. The van der Waals surface area contributed by atoms with E-state index in [1.807, 2.05) is 79.0 Å². The van der Waals surface area contributed by atoms with Crippen LogP contribution >= 0.6 is 11.3 Å². The van der Waals surface area contributed by atoms with Crippen LogP contribution in [0.2, 0.25) is 0 Å². The Morgan fingerprint density at radius 1 is 1.03 bits per heavy atom. The van der Waals surface area contributed by atoms with Gasteiger partial charge in [-0.2, -0.15) is 0 Å². The SMILES string of the molecule is Cc1ccc(N2C(=O)CC[C@@H](C(=O)OCCOc3ccccc3)[C@@H]2c2cccs2)cc1. The summed E-state index contributed by atoms with van der Waals surface area (Å²) in [6, 6.07) is 20.8. The number of anilines is 1. The number of piperidine rings is 1. The van der Waals surface area contributed by atoms with E-state index in [1.54, 1.807) is 16.2 Å². The lowest BCUT2D eigenvalue weighted by molar-refractivity contribution is -0.151. The third-order valence-electron chi connectivity index (χ3n) is 5.39. The molecule has 0 radical (unpaired) electrons. The summed E-state index contributed by atoms with van der Waals surface area (Å²) >= 11 is 1.55. The molecule has 1 aliphatic rings. The molecule has 160 valence electrons. The number of carbonyl (C=O) groups excluding carboxylic acids is 2. The van der Waals surface area contributed by atoms with E-state index in [0.29, 0.717) is 12.8 Å². The molecule has 0 bridgehead atoms. The molecule has 1 aliphatic heterocycles. The van der Waals surface area contributed by atoms with Crippen molar-refractivity contribution in [3.05, 3.63) is 82.6 Å². The molecule has 1 aromatic heterocycles. The molecule has 2 atom stereocenters. The van der Waals surface area contributed by atoms with Gasteiger partial charge in [-0.15, -0.1) is 11.3 Å². The molecule has 3 aromatic rings. The number of hydrogen-bond acceptors (Lipinski definition) is 5. The number of esters is 1. The van der Waals surface area contributed by atoms with E-state index in [1.165, 1.54) is 0 Å². The lowest BCUT2D eigenvalue weighted by Gasteiger charge is -2.39. The monoisotopic (exact) mass is 435 g/mol. The van der Waals surface area contributed by atoms with Crippen LogP contribution < -0.4 is 9.64 Å². The van der Waals surface area contributed by atoms with Crippen LogP contribution in [0.5, 0.6) is 5.75 Å². The zero-order valence-corrected chi connectivity index (χ0v) is 18.2. The van der Waals surface area contributed by atoms with Crippen LogP contribution in [0, 0.1) is 12.8 Å². The predicted molar refractivity (Wildman–Crippen MR) is 121 cm³/mol. The van der Waals surface area contributed by atoms with E-state index in [9.17, 15) is 9.59 Å². The average molecular weight is 436 g/mol. The second kappa shape index (κ2) is 9.79. The molecule has 0 aliphatic carbocycles. The molecule has 6 heteroatoms. The molecule has 1 amide bonds. The van der Waals surface area contributed by atoms with Gasteiger partial charge in [0.15, 0.2) is 0 Å². The fourth-order valence-electron chi connectivity index (χ4n) is 3.86. The quantitative estimate of drug-likeness (QED) is 0.380. The first-order chi connectivity index (χ1) is 15.1. The third kappa shape index (κ3) is 4.97. The van der Waals surface area contributed by atoms with Gasteiger partial charge in [0.25, 0.3) is 0 Å². The molecule has 0 unspecified atom stereocenters. The number of nitrogens with zero attached hydrogens (tertiary/aromatic N) is 1. The molecule has 4 rings (SSSR count). The smallest absolute Gasteiger partial charge is 0.311 e. The highest BCUT2D eigenvalue weighted by atomic mass is 32.1. The molecule has 0 N–H and O–H groups in total. The number of benzene rings is 2. The summed E-state index contributed by atoms with van der Waals surface area (Å²) in [7, 11) is 0. The van der Waals surface area contributed by atoms with E-state index in [-0.39, 0.29) is 31.1 Å². The van der Waals surface area contributed by atoms with E-state index in [2.05, 4.69) is 0 Å². The summed E-state index contributed by atoms with van der Waals surface area (Å²) in [6.45, 7) is 2.46. The summed E-state index contributed by atoms with van der Waals surface area (Å²) in [5.74, 6) is 0.0524. The van der Waals surface area contributed by atoms with Gasteiger partial charge in [0.05, 0.1) is 12.0 Å². The van der Waals surface area contributed by atoms with Gasteiger partial charge < -0.3 is 14.4 Å². The van der Waals surface area contributed by atoms with Crippen molar-refractivity contribution >= 4 is 28.9 Å². The van der Waals surface area contributed by atoms with E-state index < -0.39 is 5.92 Å². The number of aryl methyl sites for hydroxylation is 1. The highest BCUT2D eigenvalue weighted by molar-refractivity contribution is 7.10. The van der Waals surface area contributed by atoms with Gasteiger partial charge in [0.2, 0.25) is 5.91 Å². The van der Waals surface area contributed by atoms with Crippen molar-refractivity contribution in [3.8, 4) is 5.75 Å². The van der Waals surface area contributed by atoms with Crippen molar-refractivity contribution in [2.75, 3.05) is 18.1 Å². The van der Waals surface area contributed by atoms with Crippen molar-refractivity contribution in [3.63, 3.8) is 0 Å². The van der Waals surface area contributed by atoms with Crippen LogP contribution in [0.15, 0.2) is 72.1 Å². The molecule has 2 aromatic carbocycles. The highest BCUT2D eigenvalue weighted by Gasteiger charge is 2.42. The Kier molecular flexibility index (Phi) is 6.67. The first kappa shape index (κ1) is 21.1. The fourth-order valence-corrected chi connectivity index (χ4v) is 4.74. The van der Waals surface area contributed by atoms with Crippen LogP contribution in [0.3, 0.4) is 0 Å². The maximum atomic E-state index is 13.0. The molecule has 2 heterocycles. The Bertz CT molecular complexity index is 1000. The van der Waals surface area contributed by atoms with Gasteiger partial charge in [0.1, 0.15) is 19.0 Å². The van der Waals surface area contributed by atoms with E-state index >= 15 is 0 Å². The molecular formula is C25H25NO4S. The largest absolute Gasteiger partial charge is 0.490 e. The topological polar surface area (TPSA) is 55.8 Å². The zero-order valence-electron chi connectivity index (χ0n) is 17.4. The molecule has 1 saturated heterocycles. The van der Waals surface area contributed by atoms with Crippen LogP contribution in [-0.4, -0.2) is 25.1 Å². The number of amides is 1. The van der Waals surface area contributed by atoms with Gasteiger partial charge in [-0.1, -0.05) is 42.0 Å². The molecule has 31 heavy (non-hydrogen) atoms. The van der Waals surface area contributed by atoms with Crippen molar-refractivity contribution < 1.29 is 19.1 Å². The number of carbonyl (C=O) groups is 2. The molecule has 0 saturated carbocycles. The van der Waals surface area contributed by atoms with Crippen LogP contribution in [-0.2, 0) is 14.3 Å². The maximum absolute atomic E-state index is 13.0. The summed E-state index contributed by atoms with van der Waals surface area (Å²) < 4.78 is 11.2. The number of rotatable bonds is 7. The van der Waals surface area contributed by atoms with Gasteiger partial charge >= 0.3 is 5.97 Å². The Morgan fingerprint density at radius 3 is 2.52 bits per heavy atom. The van der Waals surface area contributed by atoms with Gasteiger partial charge in [-0.3, -0.25) is 9.59 Å². The van der Waals surface area contributed by atoms with Crippen molar-refractivity contribution in [2.45, 2.75) is 25.8 Å². The minimum Gasteiger partial charge on any atom is -0.490 e. The lowest BCUT2D eigenvalue weighted by atomic mass is 9.87. The lowest BCUT2D eigenvalue weighted by Crippen LogP contribution is -2.45. The predicted octanol–water partition coefficient (Wildman–Crippen LogP) is 5.16. The van der Waals surface area contributed by atoms with Crippen molar-refractivity contribution in [1.29, 1.82) is 0 Å². The van der Waals surface area contributed by atoms with Gasteiger partial charge in [0, 0.05) is 17.0 Å². The summed E-state index contributed by atoms with van der Waals surface area (Å²) in [5, 5.41) is 1.97. The average Bonchev–Trinajstić information content (AvgIpc) is 3.32. The number of hydrogen-bond donors (Lipinski definition) is 0. The van der Waals surface area contributed by atoms with E-state index in [4.69, 9.17) is 9.47 Å². The summed E-state index contributed by atoms with van der Waals surface area (Å²) in [5.41, 5.74) is 1.93. The van der Waals surface area contributed by atoms with Crippen molar-refractivity contribution in [1.82, 2.24) is 0 Å². The fraction of sp³-hybridized carbons (Fsp3) is 0.280. The summed E-state index contributed by atoms with van der Waals surface area (Å²) in [4.78, 5) is 28.7. The van der Waals surface area contributed by atoms with Crippen molar-refractivity contribution in [2.24, 2.45) is 5.92 Å². The zero-order chi connectivity index (χ0) is 21.6. The minimum absolute atomic E-state index is 0.0266. The standard InChI is InChI=1S/C25H25NO4S/c1-18-9-11-19(12-10-18)26-23(27)14-13-21(24(26)22-8-5-17-31-22)25(28)30-16-15-29-20-6-3-2-4-7-20/h2-12,17,21,24H,13-16H2,1H3/t21-,24-/m1/s1. The second-order valence-corrected chi connectivity index (χ2v) is 8.51. The Hall–Kier alpha value is -3.12. The Morgan fingerprint density at radius 2 is 1.81 bits per heavy atom. The number of thiophene rings is 1. The second-order valence-electron chi connectivity index (χ2n) is 7.53. The minimum atomic E-state index is -0.422. The Labute approximate surface area is 186 Å². The molecule has 0 spiro atoms. The van der Waals surface area contributed by atoms with Crippen LogP contribution in [0.4, 0.5) is 5.69 Å². The highest BCUT2D eigenvalue weighted by Crippen LogP contribution is 2.42. The molecular weight excluding hydrogens is 410 g/mol.